The highest BCUT2D eigenvalue weighted by atomic mass is 19.4. The molecule has 1 aliphatic rings. The maximum atomic E-state index is 13.8. The first-order valence-electron chi connectivity index (χ1n) is 12.3. The minimum atomic E-state index is -4.62. The van der Waals surface area contributed by atoms with E-state index in [-0.39, 0.29) is 18.1 Å². The molecule has 1 aromatic heterocycles. The molecule has 0 saturated carbocycles. The van der Waals surface area contributed by atoms with Gasteiger partial charge in [0, 0.05) is 37.1 Å². The number of rotatable bonds is 9. The van der Waals surface area contributed by atoms with Crippen LogP contribution in [-0.2, 0) is 4.79 Å². The molecule has 2 atom stereocenters. The fourth-order valence-electron chi connectivity index (χ4n) is 4.53. The Kier molecular flexibility index (Phi) is 8.62. The average Bonchev–Trinajstić information content (AvgIpc) is 2.95. The van der Waals surface area contributed by atoms with E-state index in [1.807, 2.05) is 4.90 Å². The largest absolute Gasteiger partial charge is 0.493 e. The zero-order chi connectivity index (χ0) is 28.0. The Morgan fingerprint density at radius 2 is 1.74 bits per heavy atom. The van der Waals surface area contributed by atoms with Gasteiger partial charge in [-0.25, -0.2) is 4.98 Å². The lowest BCUT2D eigenvalue weighted by atomic mass is 9.96. The molecule has 2 N–H and O–H groups in total. The lowest BCUT2D eigenvalue weighted by molar-refractivity contribution is -0.164. The first kappa shape index (κ1) is 27.8. The van der Waals surface area contributed by atoms with Gasteiger partial charge in [-0.05, 0) is 24.5 Å². The number of carbonyl (C=O) groups excluding carboxylic acids is 1. The van der Waals surface area contributed by atoms with Crippen LogP contribution in [0.2, 0.25) is 0 Å². The summed E-state index contributed by atoms with van der Waals surface area (Å²) in [5.41, 5.74) is 0.584. The smallest absolute Gasteiger partial charge is 0.412 e. The van der Waals surface area contributed by atoms with Crippen molar-refractivity contribution in [2.45, 2.75) is 25.1 Å². The number of aromatic nitrogens is 2. The van der Waals surface area contributed by atoms with Gasteiger partial charge in [0.1, 0.15) is 5.82 Å². The van der Waals surface area contributed by atoms with Crippen LogP contribution >= 0.6 is 0 Å². The van der Waals surface area contributed by atoms with Crippen molar-refractivity contribution >= 4 is 23.4 Å². The van der Waals surface area contributed by atoms with Crippen molar-refractivity contribution in [3.8, 4) is 17.2 Å². The summed E-state index contributed by atoms with van der Waals surface area (Å²) in [6, 6.07) is 10.4. The van der Waals surface area contributed by atoms with E-state index in [1.165, 1.54) is 45.6 Å². The minimum Gasteiger partial charge on any atom is -0.493 e. The SMILES string of the molecule is COc1cc(Nc2nccc(N3CCCC(C(=O)N[C@@H](c4ccccc4)C(F)(F)F)C3)n2)cc(OC)c1OC. The van der Waals surface area contributed by atoms with E-state index in [0.29, 0.717) is 48.1 Å². The quantitative estimate of drug-likeness (QED) is 0.393. The van der Waals surface area contributed by atoms with Crippen LogP contribution in [0.5, 0.6) is 17.2 Å². The van der Waals surface area contributed by atoms with Gasteiger partial charge in [-0.1, -0.05) is 30.3 Å². The van der Waals surface area contributed by atoms with Gasteiger partial charge in [0.15, 0.2) is 17.5 Å². The van der Waals surface area contributed by atoms with E-state index in [0.717, 1.165) is 0 Å². The maximum Gasteiger partial charge on any atom is 0.412 e. The van der Waals surface area contributed by atoms with Crippen molar-refractivity contribution in [2.75, 3.05) is 44.6 Å². The van der Waals surface area contributed by atoms with E-state index in [9.17, 15) is 18.0 Å². The van der Waals surface area contributed by atoms with Gasteiger partial charge in [-0.2, -0.15) is 18.2 Å². The summed E-state index contributed by atoms with van der Waals surface area (Å²) < 4.78 is 57.4. The summed E-state index contributed by atoms with van der Waals surface area (Å²) in [5, 5.41) is 5.33. The zero-order valence-corrected chi connectivity index (χ0v) is 21.8. The van der Waals surface area contributed by atoms with E-state index in [4.69, 9.17) is 14.2 Å². The molecule has 39 heavy (non-hydrogen) atoms. The third kappa shape index (κ3) is 6.62. The number of benzene rings is 2. The Bertz CT molecular complexity index is 1250. The monoisotopic (exact) mass is 545 g/mol. The van der Waals surface area contributed by atoms with Gasteiger partial charge < -0.3 is 29.7 Å². The van der Waals surface area contributed by atoms with Crippen molar-refractivity contribution in [1.82, 2.24) is 15.3 Å². The van der Waals surface area contributed by atoms with Gasteiger partial charge >= 0.3 is 6.18 Å². The third-order valence-corrected chi connectivity index (χ3v) is 6.42. The number of nitrogens with zero attached hydrogens (tertiary/aromatic N) is 3. The molecular formula is C27H30F3N5O4. The topological polar surface area (TPSA) is 97.8 Å². The number of alkyl halides is 3. The summed E-state index contributed by atoms with van der Waals surface area (Å²) in [5.74, 6) is 0.908. The maximum absolute atomic E-state index is 13.8. The Hall–Kier alpha value is -4.22. The van der Waals surface area contributed by atoms with E-state index in [2.05, 4.69) is 20.6 Å². The van der Waals surface area contributed by atoms with Crippen LogP contribution < -0.4 is 29.7 Å². The molecule has 0 aliphatic carbocycles. The fourth-order valence-corrected chi connectivity index (χ4v) is 4.53. The molecule has 0 bridgehead atoms. The molecule has 0 spiro atoms. The van der Waals surface area contributed by atoms with Gasteiger partial charge in [0.05, 0.1) is 27.2 Å². The molecule has 208 valence electrons. The third-order valence-electron chi connectivity index (χ3n) is 6.42. The summed E-state index contributed by atoms with van der Waals surface area (Å²) in [4.78, 5) is 23.7. The van der Waals surface area contributed by atoms with Gasteiger partial charge in [-0.15, -0.1) is 0 Å². The fraction of sp³-hybridized carbons (Fsp3) is 0.370. The summed E-state index contributed by atoms with van der Waals surface area (Å²) >= 11 is 0. The Labute approximate surface area is 224 Å². The lowest BCUT2D eigenvalue weighted by Gasteiger charge is -2.34. The molecule has 1 unspecified atom stereocenters. The molecule has 0 radical (unpaired) electrons. The molecule has 4 rings (SSSR count). The molecule has 1 aliphatic heterocycles. The standard InChI is InChI=1S/C27H30F3N5O4/c1-37-20-14-19(15-21(38-2)23(20)39-3)32-26-31-12-11-22(33-26)35-13-7-10-18(16-35)25(36)34-24(27(28,29)30)17-8-5-4-6-9-17/h4-6,8-9,11-12,14-15,18,24H,7,10,13,16H2,1-3H3,(H,34,36)(H,31,32,33)/t18?,24-/m0/s1. The number of hydrogen-bond donors (Lipinski definition) is 2. The molecule has 1 fully saturated rings. The molecule has 2 heterocycles. The summed E-state index contributed by atoms with van der Waals surface area (Å²) in [7, 11) is 4.53. The average molecular weight is 546 g/mol. The van der Waals surface area contributed by atoms with Crippen molar-refractivity contribution in [3.05, 3.63) is 60.3 Å². The first-order chi connectivity index (χ1) is 18.7. The summed E-state index contributed by atoms with van der Waals surface area (Å²) in [6.07, 6.45) is -1.95. The highest BCUT2D eigenvalue weighted by molar-refractivity contribution is 5.80. The van der Waals surface area contributed by atoms with Crippen LogP contribution in [0.25, 0.3) is 0 Å². The number of ether oxygens (including phenoxy) is 3. The number of amides is 1. The number of anilines is 3. The number of halogens is 3. The number of carbonyl (C=O) groups is 1. The highest BCUT2D eigenvalue weighted by Gasteiger charge is 2.43. The van der Waals surface area contributed by atoms with E-state index in [1.54, 1.807) is 30.5 Å². The normalized spacial score (nSPS) is 16.3. The van der Waals surface area contributed by atoms with Crippen LogP contribution in [0.1, 0.15) is 24.4 Å². The van der Waals surface area contributed by atoms with Crippen LogP contribution in [0.15, 0.2) is 54.7 Å². The van der Waals surface area contributed by atoms with Crippen LogP contribution in [0, 0.1) is 5.92 Å². The van der Waals surface area contributed by atoms with Crippen molar-refractivity contribution < 1.29 is 32.2 Å². The van der Waals surface area contributed by atoms with Gasteiger partial charge in [0.2, 0.25) is 17.6 Å². The second-order valence-electron chi connectivity index (χ2n) is 8.96. The first-order valence-corrected chi connectivity index (χ1v) is 12.3. The molecule has 1 saturated heterocycles. The zero-order valence-electron chi connectivity index (χ0n) is 21.8. The van der Waals surface area contributed by atoms with Crippen LogP contribution in [0.3, 0.4) is 0 Å². The highest BCUT2D eigenvalue weighted by Crippen LogP contribution is 2.40. The number of piperidine rings is 1. The molecular weight excluding hydrogens is 515 g/mol. The summed E-state index contributed by atoms with van der Waals surface area (Å²) in [6.45, 7) is 0.831. The van der Waals surface area contributed by atoms with Gasteiger partial charge in [-0.3, -0.25) is 4.79 Å². The number of nitrogens with one attached hydrogen (secondary N) is 2. The molecule has 3 aromatic rings. The van der Waals surface area contributed by atoms with Crippen LogP contribution in [-0.4, -0.2) is 56.5 Å². The molecule has 12 heteroatoms. The van der Waals surface area contributed by atoms with Gasteiger partial charge in [0.25, 0.3) is 0 Å². The molecule has 9 nitrogen and oxygen atoms in total. The van der Waals surface area contributed by atoms with Crippen molar-refractivity contribution in [1.29, 1.82) is 0 Å². The lowest BCUT2D eigenvalue weighted by Crippen LogP contribution is -2.46. The predicted molar refractivity (Wildman–Crippen MR) is 140 cm³/mol. The molecule has 2 aromatic carbocycles. The molecule has 1 amide bonds. The van der Waals surface area contributed by atoms with Crippen molar-refractivity contribution in [3.63, 3.8) is 0 Å². The second-order valence-corrected chi connectivity index (χ2v) is 8.96. The Balaban J connectivity index is 1.48. The van der Waals surface area contributed by atoms with E-state index >= 15 is 0 Å². The van der Waals surface area contributed by atoms with E-state index < -0.39 is 24.0 Å². The van der Waals surface area contributed by atoms with Crippen LogP contribution in [0.4, 0.5) is 30.6 Å². The Morgan fingerprint density at radius 3 is 2.36 bits per heavy atom. The number of hydrogen-bond acceptors (Lipinski definition) is 8. The van der Waals surface area contributed by atoms with Crippen molar-refractivity contribution in [2.24, 2.45) is 5.92 Å². The Morgan fingerprint density at radius 1 is 1.05 bits per heavy atom. The number of methoxy groups -OCH3 is 3. The minimum absolute atomic E-state index is 0.00988. The second kappa shape index (κ2) is 12.1. The predicted octanol–water partition coefficient (Wildman–Crippen LogP) is 4.88.